The number of anilines is 1. The SMILES string of the molecule is CCN(c1cc(Br)ccc1CCl)C1CCCC1. The number of halogens is 2. The zero-order valence-electron chi connectivity index (χ0n) is 10.3. The van der Waals surface area contributed by atoms with Crippen LogP contribution in [0, 0.1) is 0 Å². The molecular weight excluding hydrogens is 298 g/mol. The second-order valence-electron chi connectivity index (χ2n) is 4.63. The summed E-state index contributed by atoms with van der Waals surface area (Å²) in [5.41, 5.74) is 2.55. The zero-order chi connectivity index (χ0) is 12.3. The summed E-state index contributed by atoms with van der Waals surface area (Å²) >= 11 is 9.61. The van der Waals surface area contributed by atoms with E-state index in [1.165, 1.54) is 36.9 Å². The lowest BCUT2D eigenvalue weighted by molar-refractivity contribution is 0.618. The molecule has 17 heavy (non-hydrogen) atoms. The monoisotopic (exact) mass is 315 g/mol. The van der Waals surface area contributed by atoms with E-state index in [2.05, 4.69) is 46.0 Å². The molecule has 0 radical (unpaired) electrons. The van der Waals surface area contributed by atoms with E-state index in [1.807, 2.05) is 0 Å². The molecule has 0 amide bonds. The molecule has 1 nitrogen and oxygen atoms in total. The van der Waals surface area contributed by atoms with E-state index >= 15 is 0 Å². The Balaban J connectivity index is 2.31. The van der Waals surface area contributed by atoms with Gasteiger partial charge in [-0.25, -0.2) is 0 Å². The molecule has 0 spiro atoms. The van der Waals surface area contributed by atoms with Crippen LogP contribution in [-0.4, -0.2) is 12.6 Å². The minimum atomic E-state index is 0.589. The van der Waals surface area contributed by atoms with Gasteiger partial charge in [-0.1, -0.05) is 34.8 Å². The minimum Gasteiger partial charge on any atom is -0.369 e. The third kappa shape index (κ3) is 2.97. The Morgan fingerprint density at radius 2 is 2.06 bits per heavy atom. The van der Waals surface area contributed by atoms with Crippen LogP contribution in [0.5, 0.6) is 0 Å². The Kier molecular flexibility index (Phi) is 4.75. The van der Waals surface area contributed by atoms with E-state index < -0.39 is 0 Å². The molecule has 1 aromatic carbocycles. The molecule has 0 aliphatic heterocycles. The molecule has 0 saturated heterocycles. The lowest BCUT2D eigenvalue weighted by atomic mass is 10.1. The van der Waals surface area contributed by atoms with E-state index in [4.69, 9.17) is 11.6 Å². The lowest BCUT2D eigenvalue weighted by Crippen LogP contribution is -2.33. The maximum absolute atomic E-state index is 6.05. The number of nitrogens with zero attached hydrogens (tertiary/aromatic N) is 1. The van der Waals surface area contributed by atoms with Gasteiger partial charge in [0.15, 0.2) is 0 Å². The van der Waals surface area contributed by atoms with E-state index in [-0.39, 0.29) is 0 Å². The molecule has 0 N–H and O–H groups in total. The van der Waals surface area contributed by atoms with Crippen molar-refractivity contribution in [3.8, 4) is 0 Å². The average Bonchev–Trinajstić information content (AvgIpc) is 2.84. The summed E-state index contributed by atoms with van der Waals surface area (Å²) < 4.78 is 1.14. The number of rotatable bonds is 4. The molecule has 0 unspecified atom stereocenters. The summed E-state index contributed by atoms with van der Waals surface area (Å²) in [5.74, 6) is 0.589. The molecular formula is C14H19BrClN. The lowest BCUT2D eigenvalue weighted by Gasteiger charge is -2.31. The van der Waals surface area contributed by atoms with Crippen molar-refractivity contribution in [2.24, 2.45) is 0 Å². The van der Waals surface area contributed by atoms with Crippen molar-refractivity contribution in [3.63, 3.8) is 0 Å². The predicted octanol–water partition coefficient (Wildman–Crippen LogP) is 4.96. The fraction of sp³-hybridized carbons (Fsp3) is 0.571. The first kappa shape index (κ1) is 13.2. The Morgan fingerprint density at radius 3 is 2.65 bits per heavy atom. The molecule has 0 heterocycles. The van der Waals surface area contributed by atoms with Gasteiger partial charge in [-0.05, 0) is 37.5 Å². The van der Waals surface area contributed by atoms with Gasteiger partial charge in [0.25, 0.3) is 0 Å². The molecule has 0 aromatic heterocycles. The van der Waals surface area contributed by atoms with Gasteiger partial charge in [0, 0.05) is 28.6 Å². The molecule has 0 atom stereocenters. The van der Waals surface area contributed by atoms with Crippen LogP contribution in [-0.2, 0) is 5.88 Å². The van der Waals surface area contributed by atoms with Crippen molar-refractivity contribution < 1.29 is 0 Å². The van der Waals surface area contributed by atoms with Crippen molar-refractivity contribution in [1.29, 1.82) is 0 Å². The summed E-state index contributed by atoms with van der Waals surface area (Å²) in [6.07, 6.45) is 5.38. The summed E-state index contributed by atoms with van der Waals surface area (Å²) in [6, 6.07) is 7.11. The average molecular weight is 317 g/mol. The number of hydrogen-bond donors (Lipinski definition) is 0. The first-order chi connectivity index (χ1) is 8.26. The predicted molar refractivity (Wildman–Crippen MR) is 79.0 cm³/mol. The highest BCUT2D eigenvalue weighted by Gasteiger charge is 2.23. The molecule has 1 fully saturated rings. The Morgan fingerprint density at radius 1 is 1.35 bits per heavy atom. The van der Waals surface area contributed by atoms with Crippen LogP contribution in [0.4, 0.5) is 5.69 Å². The minimum absolute atomic E-state index is 0.589. The second-order valence-corrected chi connectivity index (χ2v) is 5.81. The topological polar surface area (TPSA) is 3.24 Å². The van der Waals surface area contributed by atoms with E-state index in [9.17, 15) is 0 Å². The van der Waals surface area contributed by atoms with Crippen molar-refractivity contribution in [3.05, 3.63) is 28.2 Å². The number of hydrogen-bond acceptors (Lipinski definition) is 1. The van der Waals surface area contributed by atoms with Gasteiger partial charge in [0.05, 0.1) is 0 Å². The maximum atomic E-state index is 6.05. The molecule has 1 aliphatic carbocycles. The molecule has 1 aromatic rings. The van der Waals surface area contributed by atoms with Gasteiger partial charge < -0.3 is 4.90 Å². The Bertz CT molecular complexity index is 374. The first-order valence-corrected chi connectivity index (χ1v) is 7.70. The Hall–Kier alpha value is -0.210. The normalized spacial score (nSPS) is 16.4. The van der Waals surface area contributed by atoms with Crippen LogP contribution in [0.15, 0.2) is 22.7 Å². The summed E-state index contributed by atoms with van der Waals surface area (Å²) in [5, 5.41) is 0. The van der Waals surface area contributed by atoms with E-state index in [1.54, 1.807) is 0 Å². The van der Waals surface area contributed by atoms with Crippen LogP contribution >= 0.6 is 27.5 Å². The first-order valence-electron chi connectivity index (χ1n) is 6.37. The van der Waals surface area contributed by atoms with Crippen molar-refractivity contribution in [2.45, 2.75) is 44.5 Å². The molecule has 0 bridgehead atoms. The highest BCUT2D eigenvalue weighted by Crippen LogP contribution is 2.32. The van der Waals surface area contributed by atoms with Crippen molar-refractivity contribution >= 4 is 33.2 Å². The third-order valence-corrected chi connectivity index (χ3v) is 4.39. The summed E-state index contributed by atoms with van der Waals surface area (Å²) in [7, 11) is 0. The summed E-state index contributed by atoms with van der Waals surface area (Å²) in [6.45, 7) is 3.29. The third-order valence-electron chi connectivity index (χ3n) is 3.61. The highest BCUT2D eigenvalue weighted by atomic mass is 79.9. The number of alkyl halides is 1. The second kappa shape index (κ2) is 6.10. The van der Waals surface area contributed by atoms with Gasteiger partial charge in [0.2, 0.25) is 0 Å². The molecule has 3 heteroatoms. The van der Waals surface area contributed by atoms with E-state index in [0.29, 0.717) is 11.9 Å². The molecule has 1 aliphatic rings. The van der Waals surface area contributed by atoms with E-state index in [0.717, 1.165) is 11.0 Å². The number of benzene rings is 1. The van der Waals surface area contributed by atoms with Gasteiger partial charge in [0.1, 0.15) is 0 Å². The largest absolute Gasteiger partial charge is 0.369 e. The van der Waals surface area contributed by atoms with Crippen LogP contribution < -0.4 is 4.90 Å². The fourth-order valence-electron chi connectivity index (χ4n) is 2.76. The maximum Gasteiger partial charge on any atom is 0.0494 e. The quantitative estimate of drug-likeness (QED) is 0.710. The van der Waals surface area contributed by atoms with Crippen LogP contribution in [0.2, 0.25) is 0 Å². The van der Waals surface area contributed by atoms with Crippen LogP contribution in [0.25, 0.3) is 0 Å². The molecule has 2 rings (SSSR count). The van der Waals surface area contributed by atoms with Crippen LogP contribution in [0.1, 0.15) is 38.2 Å². The van der Waals surface area contributed by atoms with Crippen LogP contribution in [0.3, 0.4) is 0 Å². The molecule has 1 saturated carbocycles. The van der Waals surface area contributed by atoms with Crippen molar-refractivity contribution in [1.82, 2.24) is 0 Å². The summed E-state index contributed by atoms with van der Waals surface area (Å²) in [4.78, 5) is 2.52. The smallest absolute Gasteiger partial charge is 0.0494 e. The van der Waals surface area contributed by atoms with Gasteiger partial charge >= 0.3 is 0 Å². The van der Waals surface area contributed by atoms with Crippen molar-refractivity contribution in [2.75, 3.05) is 11.4 Å². The Labute approximate surface area is 117 Å². The fourth-order valence-corrected chi connectivity index (χ4v) is 3.33. The molecule has 94 valence electrons. The van der Waals surface area contributed by atoms with Gasteiger partial charge in [-0.3, -0.25) is 0 Å². The van der Waals surface area contributed by atoms with Gasteiger partial charge in [-0.2, -0.15) is 0 Å². The van der Waals surface area contributed by atoms with Gasteiger partial charge in [-0.15, -0.1) is 11.6 Å². The standard InChI is InChI=1S/C14H19BrClN/c1-2-17(13-5-3-4-6-13)14-9-12(15)8-7-11(14)10-16/h7-9,13H,2-6,10H2,1H3. The highest BCUT2D eigenvalue weighted by molar-refractivity contribution is 9.10. The zero-order valence-corrected chi connectivity index (χ0v) is 12.6.